The van der Waals surface area contributed by atoms with Crippen LogP contribution in [-0.2, 0) is 0 Å². The van der Waals surface area contributed by atoms with E-state index in [0.717, 1.165) is 32.0 Å². The zero-order chi connectivity index (χ0) is 15.8. The molecule has 0 saturated heterocycles. The fraction of sp³-hybridized carbons (Fsp3) is 0. The predicted molar refractivity (Wildman–Crippen MR) is 97.4 cm³/mol. The molecule has 0 saturated carbocycles. The standard InChI is InChI=1S/C19H12BrNO2/c20-13-6-8-14(9-7-13)21-17-11-18(22)23-19-15-4-2-1-3-12(15)5-10-16(17)19/h1-11,21H. The highest BCUT2D eigenvalue weighted by molar-refractivity contribution is 9.10. The normalized spacial score (nSPS) is 11.0. The van der Waals surface area contributed by atoms with Gasteiger partial charge in [-0.3, -0.25) is 0 Å². The van der Waals surface area contributed by atoms with Gasteiger partial charge in [-0.25, -0.2) is 4.79 Å². The molecule has 0 amide bonds. The van der Waals surface area contributed by atoms with E-state index in [1.165, 1.54) is 6.07 Å². The van der Waals surface area contributed by atoms with E-state index < -0.39 is 0 Å². The van der Waals surface area contributed by atoms with Crippen LogP contribution in [0.1, 0.15) is 0 Å². The highest BCUT2D eigenvalue weighted by Gasteiger charge is 2.09. The molecule has 0 bridgehead atoms. The first-order valence-electron chi connectivity index (χ1n) is 7.19. The summed E-state index contributed by atoms with van der Waals surface area (Å²) in [6.07, 6.45) is 0. The quantitative estimate of drug-likeness (QED) is 0.379. The van der Waals surface area contributed by atoms with Crippen molar-refractivity contribution in [1.82, 2.24) is 0 Å². The summed E-state index contributed by atoms with van der Waals surface area (Å²) in [4.78, 5) is 12.0. The van der Waals surface area contributed by atoms with Gasteiger partial charge >= 0.3 is 5.63 Å². The van der Waals surface area contributed by atoms with Crippen molar-refractivity contribution in [2.24, 2.45) is 0 Å². The fourth-order valence-electron chi connectivity index (χ4n) is 2.68. The zero-order valence-corrected chi connectivity index (χ0v) is 13.6. The van der Waals surface area contributed by atoms with Gasteiger partial charge in [-0.15, -0.1) is 0 Å². The molecular formula is C19H12BrNO2. The van der Waals surface area contributed by atoms with Gasteiger partial charge < -0.3 is 9.73 Å². The molecule has 3 aromatic carbocycles. The molecule has 1 N–H and O–H groups in total. The maximum atomic E-state index is 12.0. The highest BCUT2D eigenvalue weighted by atomic mass is 79.9. The SMILES string of the molecule is O=c1cc(Nc2ccc(Br)cc2)c2ccc3ccccc3c2o1. The molecule has 0 radical (unpaired) electrons. The van der Waals surface area contributed by atoms with Gasteiger partial charge in [-0.2, -0.15) is 0 Å². The van der Waals surface area contributed by atoms with E-state index in [9.17, 15) is 4.79 Å². The molecule has 0 aliphatic carbocycles. The van der Waals surface area contributed by atoms with Gasteiger partial charge in [-0.1, -0.05) is 46.3 Å². The van der Waals surface area contributed by atoms with E-state index in [-0.39, 0.29) is 5.63 Å². The number of hydrogen-bond acceptors (Lipinski definition) is 3. The Bertz CT molecular complexity index is 1070. The number of halogens is 1. The maximum Gasteiger partial charge on any atom is 0.338 e. The Hall–Kier alpha value is -2.59. The summed E-state index contributed by atoms with van der Waals surface area (Å²) in [5, 5.41) is 6.16. The van der Waals surface area contributed by atoms with Crippen molar-refractivity contribution in [1.29, 1.82) is 0 Å². The minimum absolute atomic E-state index is 0.367. The number of benzene rings is 3. The number of anilines is 2. The van der Waals surface area contributed by atoms with Crippen LogP contribution in [0.4, 0.5) is 11.4 Å². The Morgan fingerprint density at radius 2 is 1.65 bits per heavy atom. The third kappa shape index (κ3) is 2.62. The van der Waals surface area contributed by atoms with Gasteiger partial charge in [0, 0.05) is 27.0 Å². The van der Waals surface area contributed by atoms with Crippen molar-refractivity contribution in [2.75, 3.05) is 5.32 Å². The predicted octanol–water partition coefficient (Wildman–Crippen LogP) is 5.45. The molecular weight excluding hydrogens is 354 g/mol. The minimum Gasteiger partial charge on any atom is -0.422 e. The van der Waals surface area contributed by atoms with Crippen LogP contribution in [0.25, 0.3) is 21.7 Å². The first-order valence-corrected chi connectivity index (χ1v) is 7.98. The number of rotatable bonds is 2. The molecule has 0 spiro atoms. The van der Waals surface area contributed by atoms with Gasteiger partial charge in [0.1, 0.15) is 5.58 Å². The average molecular weight is 366 g/mol. The second-order valence-corrected chi connectivity index (χ2v) is 6.19. The fourth-order valence-corrected chi connectivity index (χ4v) is 2.95. The molecule has 1 heterocycles. The van der Waals surface area contributed by atoms with Crippen molar-refractivity contribution in [2.45, 2.75) is 0 Å². The summed E-state index contributed by atoms with van der Waals surface area (Å²) in [6.45, 7) is 0. The van der Waals surface area contributed by atoms with Crippen LogP contribution < -0.4 is 10.9 Å². The number of fused-ring (bicyclic) bond motifs is 3. The van der Waals surface area contributed by atoms with Gasteiger partial charge in [0.2, 0.25) is 0 Å². The Balaban J connectivity index is 1.94. The molecule has 23 heavy (non-hydrogen) atoms. The first kappa shape index (κ1) is 14.0. The van der Waals surface area contributed by atoms with E-state index in [1.54, 1.807) is 0 Å². The lowest BCUT2D eigenvalue weighted by Gasteiger charge is -2.10. The second-order valence-electron chi connectivity index (χ2n) is 5.27. The molecule has 4 aromatic rings. The number of hydrogen-bond donors (Lipinski definition) is 1. The zero-order valence-electron chi connectivity index (χ0n) is 12.0. The van der Waals surface area contributed by atoms with Crippen molar-refractivity contribution in [3.05, 3.63) is 81.6 Å². The molecule has 0 fully saturated rings. The second kappa shape index (κ2) is 5.56. The summed E-state index contributed by atoms with van der Waals surface area (Å²) in [5.41, 5.74) is 1.89. The number of nitrogens with one attached hydrogen (secondary N) is 1. The Morgan fingerprint density at radius 3 is 2.48 bits per heavy atom. The topological polar surface area (TPSA) is 42.2 Å². The monoisotopic (exact) mass is 365 g/mol. The lowest BCUT2D eigenvalue weighted by Crippen LogP contribution is -2.01. The van der Waals surface area contributed by atoms with Crippen molar-refractivity contribution in [3.63, 3.8) is 0 Å². The Morgan fingerprint density at radius 1 is 0.870 bits per heavy atom. The van der Waals surface area contributed by atoms with Crippen LogP contribution >= 0.6 is 15.9 Å². The van der Waals surface area contributed by atoms with Crippen LogP contribution in [0.3, 0.4) is 0 Å². The Labute approximate surface area is 140 Å². The Kier molecular flexibility index (Phi) is 3.39. The summed E-state index contributed by atoms with van der Waals surface area (Å²) >= 11 is 3.42. The van der Waals surface area contributed by atoms with E-state index >= 15 is 0 Å². The summed E-state index contributed by atoms with van der Waals surface area (Å²) in [5.74, 6) is 0. The van der Waals surface area contributed by atoms with Gasteiger partial charge in [0.15, 0.2) is 0 Å². The van der Waals surface area contributed by atoms with Crippen molar-refractivity contribution in [3.8, 4) is 0 Å². The smallest absolute Gasteiger partial charge is 0.338 e. The molecule has 4 rings (SSSR count). The third-order valence-electron chi connectivity index (χ3n) is 3.76. The summed E-state index contributed by atoms with van der Waals surface area (Å²) in [7, 11) is 0. The van der Waals surface area contributed by atoms with Gasteiger partial charge in [0.05, 0.1) is 5.69 Å². The molecule has 4 heteroatoms. The average Bonchev–Trinajstić information content (AvgIpc) is 2.57. The molecule has 0 aliphatic heterocycles. The van der Waals surface area contributed by atoms with Crippen LogP contribution in [-0.4, -0.2) is 0 Å². The van der Waals surface area contributed by atoms with Crippen molar-refractivity contribution < 1.29 is 4.42 Å². The van der Waals surface area contributed by atoms with Crippen LogP contribution in [0, 0.1) is 0 Å². The summed E-state index contributed by atoms with van der Waals surface area (Å²) < 4.78 is 6.48. The minimum atomic E-state index is -0.367. The third-order valence-corrected chi connectivity index (χ3v) is 4.29. The van der Waals surface area contributed by atoms with Gasteiger partial charge in [-0.05, 0) is 35.7 Å². The lowest BCUT2D eigenvalue weighted by molar-refractivity contribution is 0.565. The van der Waals surface area contributed by atoms with E-state index in [4.69, 9.17) is 4.42 Å². The van der Waals surface area contributed by atoms with Crippen LogP contribution in [0.2, 0.25) is 0 Å². The van der Waals surface area contributed by atoms with E-state index in [2.05, 4.69) is 21.2 Å². The molecule has 0 atom stereocenters. The van der Waals surface area contributed by atoms with Crippen LogP contribution in [0.5, 0.6) is 0 Å². The van der Waals surface area contributed by atoms with Crippen molar-refractivity contribution >= 4 is 49.0 Å². The molecule has 0 aliphatic rings. The maximum absolute atomic E-state index is 12.0. The molecule has 0 unspecified atom stereocenters. The van der Waals surface area contributed by atoms with Gasteiger partial charge in [0.25, 0.3) is 0 Å². The highest BCUT2D eigenvalue weighted by Crippen LogP contribution is 2.30. The summed E-state index contributed by atoms with van der Waals surface area (Å²) in [6, 6.07) is 21.2. The molecule has 3 nitrogen and oxygen atoms in total. The molecule has 1 aromatic heterocycles. The van der Waals surface area contributed by atoms with E-state index in [0.29, 0.717) is 5.58 Å². The van der Waals surface area contributed by atoms with Crippen LogP contribution in [0.15, 0.2) is 80.4 Å². The first-order chi connectivity index (χ1) is 11.2. The lowest BCUT2D eigenvalue weighted by atomic mass is 10.1. The largest absolute Gasteiger partial charge is 0.422 e. The van der Waals surface area contributed by atoms with E-state index in [1.807, 2.05) is 60.7 Å². The molecule has 112 valence electrons.